The summed E-state index contributed by atoms with van der Waals surface area (Å²) in [6.07, 6.45) is -1.40. The second kappa shape index (κ2) is 6.62. The quantitative estimate of drug-likeness (QED) is 0.530. The van der Waals surface area contributed by atoms with Crippen molar-refractivity contribution in [3.63, 3.8) is 0 Å². The Labute approximate surface area is 148 Å². The van der Waals surface area contributed by atoms with Crippen molar-refractivity contribution >= 4 is 11.4 Å². The molecular weight excluding hydrogens is 345 g/mol. The number of benzene rings is 2. The van der Waals surface area contributed by atoms with Crippen LogP contribution in [-0.2, 0) is 6.18 Å². The second-order valence-electron chi connectivity index (χ2n) is 5.91. The molecule has 0 saturated carbocycles. The van der Waals surface area contributed by atoms with Gasteiger partial charge in [-0.3, -0.25) is 0 Å². The average molecular weight is 362 g/mol. The third-order valence-electron chi connectivity index (χ3n) is 3.79. The molecular formula is C18H17F3N4O. The molecule has 3 N–H and O–H groups in total. The SMILES string of the molecule is Cc1cn(-c2cc(NOc3ccc(C)c(N)c3)cc(C(F)(F)F)c2)cn1. The van der Waals surface area contributed by atoms with Crippen LogP contribution in [0.4, 0.5) is 24.5 Å². The van der Waals surface area contributed by atoms with Gasteiger partial charge >= 0.3 is 6.18 Å². The Morgan fingerprint density at radius 2 is 1.88 bits per heavy atom. The van der Waals surface area contributed by atoms with E-state index < -0.39 is 11.7 Å². The van der Waals surface area contributed by atoms with Gasteiger partial charge in [0.25, 0.3) is 0 Å². The molecule has 1 heterocycles. The van der Waals surface area contributed by atoms with Gasteiger partial charge in [0.1, 0.15) is 0 Å². The van der Waals surface area contributed by atoms with Crippen molar-refractivity contribution < 1.29 is 18.0 Å². The first kappa shape index (κ1) is 17.7. The number of nitrogens with one attached hydrogen (secondary N) is 1. The Hall–Kier alpha value is -3.16. The van der Waals surface area contributed by atoms with Crippen molar-refractivity contribution in [3.8, 4) is 11.4 Å². The van der Waals surface area contributed by atoms with Gasteiger partial charge in [-0.25, -0.2) is 10.5 Å². The molecule has 26 heavy (non-hydrogen) atoms. The van der Waals surface area contributed by atoms with Gasteiger partial charge in [0.2, 0.25) is 0 Å². The molecule has 0 bridgehead atoms. The number of halogens is 3. The van der Waals surface area contributed by atoms with Gasteiger partial charge < -0.3 is 15.1 Å². The van der Waals surface area contributed by atoms with Crippen LogP contribution in [0.3, 0.4) is 0 Å². The average Bonchev–Trinajstić information content (AvgIpc) is 3.01. The van der Waals surface area contributed by atoms with E-state index in [1.807, 2.05) is 6.92 Å². The molecule has 0 amide bonds. The summed E-state index contributed by atoms with van der Waals surface area (Å²) in [5.74, 6) is 0.394. The van der Waals surface area contributed by atoms with Crippen molar-refractivity contribution in [3.05, 3.63) is 65.7 Å². The summed E-state index contributed by atoms with van der Waals surface area (Å²) in [6, 6.07) is 8.59. The molecule has 0 saturated heterocycles. The van der Waals surface area contributed by atoms with Gasteiger partial charge in [0.15, 0.2) is 5.75 Å². The fourth-order valence-electron chi connectivity index (χ4n) is 2.35. The highest BCUT2D eigenvalue weighted by Gasteiger charge is 2.31. The van der Waals surface area contributed by atoms with E-state index in [1.165, 1.54) is 17.0 Å². The minimum absolute atomic E-state index is 0.153. The molecule has 1 aromatic heterocycles. The molecule has 0 aliphatic carbocycles. The first-order valence-corrected chi connectivity index (χ1v) is 7.74. The first-order valence-electron chi connectivity index (χ1n) is 7.74. The standard InChI is InChI=1S/C18H17F3N4O/c1-11-3-4-16(8-17(11)22)26-24-14-5-13(18(19,20)21)6-15(7-14)25-9-12(2)23-10-25/h3-10,24H,22H2,1-2H3. The van der Waals surface area contributed by atoms with Crippen LogP contribution in [0.5, 0.6) is 5.75 Å². The van der Waals surface area contributed by atoms with Crippen LogP contribution in [-0.4, -0.2) is 9.55 Å². The third kappa shape index (κ3) is 3.90. The molecule has 0 aliphatic heterocycles. The van der Waals surface area contributed by atoms with Crippen LogP contribution in [0.15, 0.2) is 48.9 Å². The van der Waals surface area contributed by atoms with Crippen LogP contribution in [0, 0.1) is 13.8 Å². The maximum absolute atomic E-state index is 13.2. The lowest BCUT2D eigenvalue weighted by molar-refractivity contribution is -0.137. The van der Waals surface area contributed by atoms with Crippen molar-refractivity contribution in [2.45, 2.75) is 20.0 Å². The van der Waals surface area contributed by atoms with Gasteiger partial charge in [-0.1, -0.05) is 6.07 Å². The summed E-state index contributed by atoms with van der Waals surface area (Å²) in [4.78, 5) is 9.41. The van der Waals surface area contributed by atoms with Gasteiger partial charge in [-0.15, -0.1) is 0 Å². The van der Waals surface area contributed by atoms with Gasteiger partial charge in [-0.05, 0) is 43.7 Å². The summed E-state index contributed by atoms with van der Waals surface area (Å²) in [5.41, 5.74) is 10.1. The van der Waals surface area contributed by atoms with E-state index in [4.69, 9.17) is 10.6 Å². The Balaban J connectivity index is 1.91. The summed E-state index contributed by atoms with van der Waals surface area (Å²) in [5, 5.41) is 0. The molecule has 136 valence electrons. The maximum Gasteiger partial charge on any atom is 0.416 e. The summed E-state index contributed by atoms with van der Waals surface area (Å²) in [6.45, 7) is 3.60. The van der Waals surface area contributed by atoms with Crippen LogP contribution in [0.1, 0.15) is 16.8 Å². The molecule has 3 rings (SSSR count). The number of alkyl halides is 3. The number of hydrogen-bond donors (Lipinski definition) is 2. The first-order chi connectivity index (χ1) is 12.2. The zero-order chi connectivity index (χ0) is 18.9. The highest BCUT2D eigenvalue weighted by molar-refractivity contribution is 5.55. The molecule has 0 spiro atoms. The lowest BCUT2D eigenvalue weighted by Crippen LogP contribution is -2.10. The van der Waals surface area contributed by atoms with Crippen LogP contribution in [0.2, 0.25) is 0 Å². The summed E-state index contributed by atoms with van der Waals surface area (Å²) < 4.78 is 41.2. The Bertz CT molecular complexity index is 934. The zero-order valence-corrected chi connectivity index (χ0v) is 14.1. The van der Waals surface area contributed by atoms with E-state index in [-0.39, 0.29) is 5.69 Å². The smallest absolute Gasteiger partial charge is 0.398 e. The predicted molar refractivity (Wildman–Crippen MR) is 93.1 cm³/mol. The van der Waals surface area contributed by atoms with Crippen LogP contribution >= 0.6 is 0 Å². The van der Waals surface area contributed by atoms with Gasteiger partial charge in [0, 0.05) is 23.6 Å². The van der Waals surface area contributed by atoms with Crippen molar-refractivity contribution in [2.24, 2.45) is 0 Å². The van der Waals surface area contributed by atoms with Crippen molar-refractivity contribution in [2.75, 3.05) is 11.2 Å². The number of rotatable bonds is 4. The minimum Gasteiger partial charge on any atom is -0.398 e. The fourth-order valence-corrected chi connectivity index (χ4v) is 2.35. The van der Waals surface area contributed by atoms with E-state index in [9.17, 15) is 13.2 Å². The van der Waals surface area contributed by atoms with Crippen molar-refractivity contribution in [1.82, 2.24) is 9.55 Å². The number of aryl methyl sites for hydroxylation is 2. The van der Waals surface area contributed by atoms with E-state index in [1.54, 1.807) is 31.3 Å². The molecule has 0 fully saturated rings. The van der Waals surface area contributed by atoms with Crippen LogP contribution in [0.25, 0.3) is 5.69 Å². The van der Waals surface area contributed by atoms with E-state index in [0.717, 1.165) is 17.7 Å². The van der Waals surface area contributed by atoms with Crippen molar-refractivity contribution in [1.29, 1.82) is 0 Å². The fraction of sp³-hybridized carbons (Fsp3) is 0.167. The topological polar surface area (TPSA) is 65.1 Å². The highest BCUT2D eigenvalue weighted by Crippen LogP contribution is 2.33. The third-order valence-corrected chi connectivity index (χ3v) is 3.79. The molecule has 0 aliphatic rings. The maximum atomic E-state index is 13.2. The number of nitrogen functional groups attached to an aromatic ring is 1. The lowest BCUT2D eigenvalue weighted by atomic mass is 10.1. The number of nitrogens with two attached hydrogens (primary N) is 1. The largest absolute Gasteiger partial charge is 0.416 e. The minimum atomic E-state index is -4.49. The molecule has 2 aromatic carbocycles. The highest BCUT2D eigenvalue weighted by atomic mass is 19.4. The monoisotopic (exact) mass is 362 g/mol. The normalized spacial score (nSPS) is 11.4. The molecule has 5 nitrogen and oxygen atoms in total. The van der Waals surface area contributed by atoms with E-state index >= 15 is 0 Å². The lowest BCUT2D eigenvalue weighted by Gasteiger charge is -2.14. The summed E-state index contributed by atoms with van der Waals surface area (Å²) in [7, 11) is 0. The Kier molecular flexibility index (Phi) is 4.50. The number of anilines is 2. The molecule has 8 heteroatoms. The summed E-state index contributed by atoms with van der Waals surface area (Å²) >= 11 is 0. The van der Waals surface area contributed by atoms with Crippen LogP contribution < -0.4 is 16.1 Å². The van der Waals surface area contributed by atoms with E-state index in [0.29, 0.717) is 22.8 Å². The number of hydrogen-bond acceptors (Lipinski definition) is 4. The number of imidazole rings is 1. The number of aromatic nitrogens is 2. The number of nitrogens with zero attached hydrogens (tertiary/aromatic N) is 2. The molecule has 0 radical (unpaired) electrons. The second-order valence-corrected chi connectivity index (χ2v) is 5.91. The zero-order valence-electron chi connectivity index (χ0n) is 14.1. The molecule has 0 unspecified atom stereocenters. The van der Waals surface area contributed by atoms with Gasteiger partial charge in [-0.2, -0.15) is 13.2 Å². The Morgan fingerprint density at radius 3 is 2.50 bits per heavy atom. The van der Waals surface area contributed by atoms with Gasteiger partial charge in [0.05, 0.1) is 23.3 Å². The Morgan fingerprint density at radius 1 is 1.12 bits per heavy atom. The van der Waals surface area contributed by atoms with E-state index in [2.05, 4.69) is 10.5 Å². The predicted octanol–water partition coefficient (Wildman–Crippen LogP) is 4.50. The molecule has 0 atom stereocenters. The molecule has 3 aromatic rings.